The Hall–Kier alpha value is -2.10. The van der Waals surface area contributed by atoms with E-state index >= 15 is 0 Å². The van der Waals surface area contributed by atoms with Crippen LogP contribution in [0.2, 0.25) is 0 Å². The number of pyridine rings is 2. The van der Waals surface area contributed by atoms with Gasteiger partial charge in [0.15, 0.2) is 0 Å². The Balaban J connectivity index is 1.96. The van der Waals surface area contributed by atoms with Crippen molar-refractivity contribution < 1.29 is 0 Å². The molecule has 2 aromatic rings. The van der Waals surface area contributed by atoms with Crippen LogP contribution in [0.15, 0.2) is 42.6 Å². The molecule has 2 aromatic heterocycles. The van der Waals surface area contributed by atoms with Gasteiger partial charge in [0.05, 0.1) is 0 Å². The first kappa shape index (κ1) is 11.4. The highest BCUT2D eigenvalue weighted by Crippen LogP contribution is 2.11. The first-order valence-electron chi connectivity index (χ1n) is 5.59. The molecule has 4 heteroatoms. The van der Waals surface area contributed by atoms with Crippen molar-refractivity contribution in [3.63, 3.8) is 0 Å². The fourth-order valence-corrected chi connectivity index (χ4v) is 1.59. The van der Waals surface area contributed by atoms with Gasteiger partial charge in [-0.25, -0.2) is 4.98 Å². The Labute approximate surface area is 101 Å². The lowest BCUT2D eigenvalue weighted by Crippen LogP contribution is -2.21. The molecule has 0 atom stereocenters. The summed E-state index contributed by atoms with van der Waals surface area (Å²) < 4.78 is 0. The van der Waals surface area contributed by atoms with Gasteiger partial charge in [-0.2, -0.15) is 0 Å². The predicted molar refractivity (Wildman–Crippen MR) is 69.9 cm³/mol. The normalized spacial score (nSPS) is 10.2. The molecule has 0 unspecified atom stereocenters. The molecule has 0 fully saturated rings. The highest BCUT2D eigenvalue weighted by atomic mass is 15.2. The lowest BCUT2D eigenvalue weighted by atomic mass is 10.2. The maximum Gasteiger partial charge on any atom is 0.130 e. The maximum atomic E-state index is 5.65. The van der Waals surface area contributed by atoms with E-state index in [2.05, 4.69) is 14.9 Å². The van der Waals surface area contributed by atoms with E-state index in [1.807, 2.05) is 43.6 Å². The largest absolute Gasteiger partial charge is 0.384 e. The summed E-state index contributed by atoms with van der Waals surface area (Å²) in [5.74, 6) is 1.44. The van der Waals surface area contributed by atoms with E-state index in [1.165, 1.54) is 0 Å². The third kappa shape index (κ3) is 3.17. The van der Waals surface area contributed by atoms with Gasteiger partial charge >= 0.3 is 0 Å². The van der Waals surface area contributed by atoms with E-state index in [1.54, 1.807) is 6.07 Å². The molecule has 0 saturated carbocycles. The number of hydrogen-bond donors (Lipinski definition) is 1. The monoisotopic (exact) mass is 228 g/mol. The third-order valence-electron chi connectivity index (χ3n) is 2.58. The zero-order valence-electron chi connectivity index (χ0n) is 9.87. The summed E-state index contributed by atoms with van der Waals surface area (Å²) in [7, 11) is 2.00. The number of rotatable bonds is 4. The first-order chi connectivity index (χ1) is 8.25. The number of nitrogens with zero attached hydrogens (tertiary/aromatic N) is 3. The van der Waals surface area contributed by atoms with Gasteiger partial charge < -0.3 is 10.6 Å². The Morgan fingerprint density at radius 3 is 2.76 bits per heavy atom. The van der Waals surface area contributed by atoms with Crippen LogP contribution in [0, 0.1) is 0 Å². The van der Waals surface area contributed by atoms with Gasteiger partial charge in [0.1, 0.15) is 11.6 Å². The zero-order valence-corrected chi connectivity index (χ0v) is 9.87. The summed E-state index contributed by atoms with van der Waals surface area (Å²) in [5, 5.41) is 0. The van der Waals surface area contributed by atoms with Crippen LogP contribution in [0.4, 0.5) is 11.6 Å². The maximum absolute atomic E-state index is 5.65. The van der Waals surface area contributed by atoms with Crippen molar-refractivity contribution >= 4 is 11.6 Å². The SMILES string of the molecule is CN(CCc1ccccn1)c1cccc(N)n1. The Morgan fingerprint density at radius 2 is 2.06 bits per heavy atom. The summed E-state index contributed by atoms with van der Waals surface area (Å²) in [6.07, 6.45) is 2.71. The first-order valence-corrected chi connectivity index (χ1v) is 5.59. The summed E-state index contributed by atoms with van der Waals surface area (Å²) in [6, 6.07) is 11.6. The molecule has 0 aliphatic carbocycles. The van der Waals surface area contributed by atoms with Crippen molar-refractivity contribution in [2.75, 3.05) is 24.2 Å². The van der Waals surface area contributed by atoms with Gasteiger partial charge in [-0.15, -0.1) is 0 Å². The van der Waals surface area contributed by atoms with Crippen molar-refractivity contribution in [2.24, 2.45) is 0 Å². The van der Waals surface area contributed by atoms with E-state index < -0.39 is 0 Å². The fourth-order valence-electron chi connectivity index (χ4n) is 1.59. The highest BCUT2D eigenvalue weighted by Gasteiger charge is 2.03. The molecular formula is C13H16N4. The molecular weight excluding hydrogens is 212 g/mol. The zero-order chi connectivity index (χ0) is 12.1. The number of likely N-dealkylation sites (N-methyl/N-ethyl adjacent to an activating group) is 1. The molecule has 88 valence electrons. The molecule has 0 aromatic carbocycles. The summed E-state index contributed by atoms with van der Waals surface area (Å²) >= 11 is 0. The topological polar surface area (TPSA) is 55.0 Å². The molecule has 0 aliphatic heterocycles. The average Bonchev–Trinajstić information content (AvgIpc) is 2.37. The lowest BCUT2D eigenvalue weighted by molar-refractivity contribution is 0.840. The minimum atomic E-state index is 0.548. The van der Waals surface area contributed by atoms with Crippen LogP contribution in [0.1, 0.15) is 5.69 Å². The molecule has 2 rings (SSSR count). The van der Waals surface area contributed by atoms with Gasteiger partial charge in [-0.3, -0.25) is 4.98 Å². The Morgan fingerprint density at radius 1 is 1.18 bits per heavy atom. The molecule has 0 radical (unpaired) electrons. The van der Waals surface area contributed by atoms with Gasteiger partial charge in [-0.05, 0) is 24.3 Å². The predicted octanol–water partition coefficient (Wildman–Crippen LogP) is 1.74. The van der Waals surface area contributed by atoms with E-state index in [4.69, 9.17) is 5.73 Å². The fraction of sp³-hybridized carbons (Fsp3) is 0.231. The third-order valence-corrected chi connectivity index (χ3v) is 2.58. The second-order valence-electron chi connectivity index (χ2n) is 3.91. The minimum absolute atomic E-state index is 0.548. The van der Waals surface area contributed by atoms with Crippen LogP contribution in [0.5, 0.6) is 0 Å². The van der Waals surface area contributed by atoms with E-state index in [-0.39, 0.29) is 0 Å². The minimum Gasteiger partial charge on any atom is -0.384 e. The number of aromatic nitrogens is 2. The van der Waals surface area contributed by atoms with Gasteiger partial charge in [0, 0.05) is 31.9 Å². The molecule has 2 N–H and O–H groups in total. The Bertz CT molecular complexity index is 470. The van der Waals surface area contributed by atoms with Crippen LogP contribution in [-0.2, 0) is 6.42 Å². The molecule has 0 aliphatic rings. The molecule has 0 spiro atoms. The van der Waals surface area contributed by atoms with Crippen LogP contribution in [0.25, 0.3) is 0 Å². The molecule has 0 amide bonds. The lowest BCUT2D eigenvalue weighted by Gasteiger charge is -2.17. The van der Waals surface area contributed by atoms with Crippen molar-refractivity contribution in [1.82, 2.24) is 9.97 Å². The van der Waals surface area contributed by atoms with Crippen molar-refractivity contribution in [3.8, 4) is 0 Å². The number of anilines is 2. The van der Waals surface area contributed by atoms with E-state index in [9.17, 15) is 0 Å². The molecule has 0 saturated heterocycles. The van der Waals surface area contributed by atoms with Crippen LogP contribution >= 0.6 is 0 Å². The van der Waals surface area contributed by atoms with Crippen molar-refractivity contribution in [2.45, 2.75) is 6.42 Å². The molecule has 2 heterocycles. The van der Waals surface area contributed by atoms with E-state index in [0.29, 0.717) is 5.82 Å². The van der Waals surface area contributed by atoms with Crippen molar-refractivity contribution in [3.05, 3.63) is 48.3 Å². The van der Waals surface area contributed by atoms with Crippen LogP contribution in [0.3, 0.4) is 0 Å². The van der Waals surface area contributed by atoms with Crippen LogP contribution in [-0.4, -0.2) is 23.6 Å². The standard InChI is InChI=1S/C13H16N4/c1-17(13-7-4-6-12(14)16-13)10-8-11-5-2-3-9-15-11/h2-7,9H,8,10H2,1H3,(H2,14,16). The highest BCUT2D eigenvalue weighted by molar-refractivity contribution is 5.44. The van der Waals surface area contributed by atoms with E-state index in [0.717, 1.165) is 24.5 Å². The molecule has 17 heavy (non-hydrogen) atoms. The molecule has 4 nitrogen and oxygen atoms in total. The number of nitrogen functional groups attached to an aromatic ring is 1. The van der Waals surface area contributed by atoms with Gasteiger partial charge in [-0.1, -0.05) is 12.1 Å². The average molecular weight is 228 g/mol. The second kappa shape index (κ2) is 5.30. The smallest absolute Gasteiger partial charge is 0.130 e. The summed E-state index contributed by atoms with van der Waals surface area (Å²) in [4.78, 5) is 10.6. The van der Waals surface area contributed by atoms with Crippen molar-refractivity contribution in [1.29, 1.82) is 0 Å². The van der Waals surface area contributed by atoms with Gasteiger partial charge in [0.2, 0.25) is 0 Å². The number of hydrogen-bond acceptors (Lipinski definition) is 4. The Kier molecular flexibility index (Phi) is 3.55. The van der Waals surface area contributed by atoms with Crippen LogP contribution < -0.4 is 10.6 Å². The summed E-state index contributed by atoms with van der Waals surface area (Å²) in [6.45, 7) is 0.869. The quantitative estimate of drug-likeness (QED) is 0.866. The molecule has 0 bridgehead atoms. The van der Waals surface area contributed by atoms with Gasteiger partial charge in [0.25, 0.3) is 0 Å². The summed E-state index contributed by atoms with van der Waals surface area (Å²) in [5.41, 5.74) is 6.74. The number of nitrogens with two attached hydrogens (primary N) is 1. The second-order valence-corrected chi connectivity index (χ2v) is 3.91.